The van der Waals surface area contributed by atoms with E-state index >= 15 is 0 Å². The van der Waals surface area contributed by atoms with Crippen LogP contribution in [-0.2, 0) is 0 Å². The molecule has 0 aliphatic heterocycles. The van der Waals surface area contributed by atoms with Gasteiger partial charge in [0.2, 0.25) is 0 Å². The topological polar surface area (TPSA) is 6.48 Å². The zero-order valence-corrected chi connectivity index (χ0v) is 13.5. The second-order valence-corrected chi connectivity index (χ2v) is 5.34. The third-order valence-electron chi connectivity index (χ3n) is 3.43. The van der Waals surface area contributed by atoms with Gasteiger partial charge in [-0.3, -0.25) is 9.80 Å². The largest absolute Gasteiger partial charge is 0.288 e. The van der Waals surface area contributed by atoms with Gasteiger partial charge in [0.25, 0.3) is 0 Å². The molecular formula is C15H35BN2. The maximum atomic E-state index is 2.72. The smallest absolute Gasteiger partial charge is 0.101 e. The molecule has 0 unspecified atom stereocenters. The Bertz CT molecular complexity index is 148. The minimum absolute atomic E-state index is 0.676. The van der Waals surface area contributed by atoms with E-state index in [9.17, 15) is 0 Å². The molecule has 0 aromatic rings. The molecule has 0 heterocycles. The van der Waals surface area contributed by atoms with Crippen molar-refractivity contribution < 1.29 is 0 Å². The summed E-state index contributed by atoms with van der Waals surface area (Å²) < 4.78 is 0. The minimum Gasteiger partial charge on any atom is -0.288 e. The summed E-state index contributed by atoms with van der Waals surface area (Å²) in [7, 11) is 2.32. The lowest BCUT2D eigenvalue weighted by Crippen LogP contribution is -2.49. The van der Waals surface area contributed by atoms with E-state index in [-0.39, 0.29) is 0 Å². The molecule has 2 nitrogen and oxygen atoms in total. The van der Waals surface area contributed by atoms with Crippen molar-refractivity contribution >= 4 is 7.85 Å². The summed E-state index contributed by atoms with van der Waals surface area (Å²) in [6.45, 7) is 14.2. The average molecular weight is 254 g/mol. The van der Waals surface area contributed by atoms with E-state index in [0.717, 1.165) is 0 Å². The Kier molecular flexibility index (Phi) is 12.0. The normalized spacial score (nSPS) is 11.9. The van der Waals surface area contributed by atoms with Crippen LogP contribution in [0, 0.1) is 0 Å². The first kappa shape index (κ1) is 18.0. The second kappa shape index (κ2) is 12.0. The highest BCUT2D eigenvalue weighted by Crippen LogP contribution is 2.15. The Morgan fingerprint density at radius 3 is 1.28 bits per heavy atom. The maximum absolute atomic E-state index is 2.72. The number of rotatable bonds is 12. The molecule has 108 valence electrons. The van der Waals surface area contributed by atoms with Crippen molar-refractivity contribution in [2.75, 3.05) is 26.2 Å². The lowest BCUT2D eigenvalue weighted by molar-refractivity contribution is 0.0383. The van der Waals surface area contributed by atoms with Crippen molar-refractivity contribution in [3.8, 4) is 0 Å². The summed E-state index contributed by atoms with van der Waals surface area (Å²) in [4.78, 5) is 5.43. The molecule has 0 aliphatic rings. The molecule has 0 aromatic carbocycles. The summed E-state index contributed by atoms with van der Waals surface area (Å²) in [6.07, 6.45) is 8.37. The molecule has 18 heavy (non-hydrogen) atoms. The highest BCUT2D eigenvalue weighted by atomic mass is 15.3. The van der Waals surface area contributed by atoms with Crippen molar-refractivity contribution in [3.05, 3.63) is 0 Å². The molecule has 0 N–H and O–H groups in total. The Hall–Kier alpha value is -0.0151. The lowest BCUT2D eigenvalue weighted by Gasteiger charge is -2.40. The summed E-state index contributed by atoms with van der Waals surface area (Å²) in [5, 5.41) is 0. The highest BCUT2D eigenvalue weighted by molar-refractivity contribution is 6.08. The quantitative estimate of drug-likeness (QED) is 0.390. The second-order valence-electron chi connectivity index (χ2n) is 5.34. The van der Waals surface area contributed by atoms with Crippen molar-refractivity contribution in [1.82, 2.24) is 9.80 Å². The first-order valence-corrected chi connectivity index (χ1v) is 8.23. The van der Waals surface area contributed by atoms with Crippen LogP contribution in [0.4, 0.5) is 0 Å². The van der Waals surface area contributed by atoms with Crippen LogP contribution in [0.5, 0.6) is 0 Å². The van der Waals surface area contributed by atoms with E-state index in [1.807, 2.05) is 0 Å². The van der Waals surface area contributed by atoms with Crippen molar-refractivity contribution in [2.45, 2.75) is 72.3 Å². The molecule has 3 heteroatoms. The first-order valence-electron chi connectivity index (χ1n) is 8.23. The third-order valence-corrected chi connectivity index (χ3v) is 3.43. The monoisotopic (exact) mass is 254 g/mol. The predicted molar refractivity (Wildman–Crippen MR) is 86.1 cm³/mol. The highest BCUT2D eigenvalue weighted by Gasteiger charge is 2.22. The zero-order chi connectivity index (χ0) is 13.8. The Morgan fingerprint density at radius 1 is 0.722 bits per heavy atom. The molecule has 0 atom stereocenters. The minimum atomic E-state index is 0.676. The van der Waals surface area contributed by atoms with Crippen LogP contribution in [0.1, 0.15) is 59.8 Å². The van der Waals surface area contributed by atoms with E-state index in [4.69, 9.17) is 0 Å². The van der Waals surface area contributed by atoms with Crippen LogP contribution in [0.3, 0.4) is 0 Å². The van der Waals surface area contributed by atoms with Crippen LogP contribution in [0.2, 0.25) is 6.32 Å². The third kappa shape index (κ3) is 6.79. The fourth-order valence-electron chi connectivity index (χ4n) is 2.82. The molecule has 0 saturated heterocycles. The van der Waals surface area contributed by atoms with Crippen molar-refractivity contribution in [2.24, 2.45) is 0 Å². The molecule has 0 fully saturated rings. The lowest BCUT2D eigenvalue weighted by atomic mass is 9.99. The Labute approximate surface area is 117 Å². The van der Waals surface area contributed by atoms with Gasteiger partial charge < -0.3 is 0 Å². The van der Waals surface area contributed by atoms with Gasteiger partial charge in [-0.05, 0) is 58.3 Å². The van der Waals surface area contributed by atoms with E-state index in [0.29, 0.717) is 6.17 Å². The van der Waals surface area contributed by atoms with Crippen LogP contribution in [0.25, 0.3) is 0 Å². The molecule has 0 amide bonds. The molecule has 0 spiro atoms. The van der Waals surface area contributed by atoms with E-state index in [2.05, 4.69) is 45.3 Å². The number of nitrogens with zero attached hydrogens (tertiary/aromatic N) is 2. The standard InChI is InChI=1S/C15H35BN2/c1-5-11-17(12-6-2)15(9-10-16)18(13-7-3)14-8-4/h15H,5-14,16H2,1-4H3. The predicted octanol–water partition coefficient (Wildman–Crippen LogP) is 3.00. The molecule has 0 rings (SSSR count). The van der Waals surface area contributed by atoms with Crippen molar-refractivity contribution in [3.63, 3.8) is 0 Å². The van der Waals surface area contributed by atoms with E-state index in [1.54, 1.807) is 0 Å². The molecule has 0 bridgehead atoms. The van der Waals surface area contributed by atoms with Crippen LogP contribution >= 0.6 is 0 Å². The van der Waals surface area contributed by atoms with Crippen LogP contribution in [-0.4, -0.2) is 50.0 Å². The van der Waals surface area contributed by atoms with Crippen molar-refractivity contribution in [1.29, 1.82) is 0 Å². The van der Waals surface area contributed by atoms with Crippen LogP contribution < -0.4 is 0 Å². The molecule has 0 saturated carbocycles. The molecule has 0 radical (unpaired) electrons. The molecule has 0 aromatic heterocycles. The zero-order valence-electron chi connectivity index (χ0n) is 13.5. The summed E-state index contributed by atoms with van der Waals surface area (Å²) in [6, 6.07) is 0. The van der Waals surface area contributed by atoms with Gasteiger partial charge in [0, 0.05) is 0 Å². The maximum Gasteiger partial charge on any atom is 0.101 e. The van der Waals surface area contributed by atoms with Crippen LogP contribution in [0.15, 0.2) is 0 Å². The van der Waals surface area contributed by atoms with E-state index in [1.165, 1.54) is 64.6 Å². The summed E-state index contributed by atoms with van der Waals surface area (Å²) in [5.74, 6) is 0. The van der Waals surface area contributed by atoms with Gasteiger partial charge in [0.05, 0.1) is 6.17 Å². The number of hydrogen-bond acceptors (Lipinski definition) is 2. The van der Waals surface area contributed by atoms with Gasteiger partial charge in [0.15, 0.2) is 0 Å². The van der Waals surface area contributed by atoms with Gasteiger partial charge in [-0.2, -0.15) is 0 Å². The van der Waals surface area contributed by atoms with Gasteiger partial charge >= 0.3 is 0 Å². The van der Waals surface area contributed by atoms with Gasteiger partial charge in [0.1, 0.15) is 7.85 Å². The fraction of sp³-hybridized carbons (Fsp3) is 1.00. The summed E-state index contributed by atoms with van der Waals surface area (Å²) >= 11 is 0. The summed E-state index contributed by atoms with van der Waals surface area (Å²) in [5.41, 5.74) is 0. The van der Waals surface area contributed by atoms with Gasteiger partial charge in [-0.15, -0.1) is 0 Å². The van der Waals surface area contributed by atoms with Gasteiger partial charge in [-0.1, -0.05) is 34.0 Å². The number of hydrogen-bond donors (Lipinski definition) is 0. The SMILES string of the molecule is BCCC(N(CCC)CCC)N(CCC)CCC. The van der Waals surface area contributed by atoms with Gasteiger partial charge in [-0.25, -0.2) is 0 Å². The first-order chi connectivity index (χ1) is 8.74. The Morgan fingerprint density at radius 2 is 1.06 bits per heavy atom. The fourth-order valence-corrected chi connectivity index (χ4v) is 2.82. The molecule has 0 aliphatic carbocycles. The molecular weight excluding hydrogens is 219 g/mol. The Balaban J connectivity index is 4.69. The van der Waals surface area contributed by atoms with E-state index < -0.39 is 0 Å². The average Bonchev–Trinajstić information content (AvgIpc) is 2.36.